The molecule has 0 aliphatic heterocycles. The molecule has 2 unspecified atom stereocenters. The van der Waals surface area contributed by atoms with Crippen molar-refractivity contribution in [3.05, 3.63) is 90.0 Å². The number of alkyl halides is 1. The van der Waals surface area contributed by atoms with Crippen molar-refractivity contribution < 1.29 is 18.7 Å². The molecule has 1 heterocycles. The summed E-state index contributed by atoms with van der Waals surface area (Å²) in [6.07, 6.45) is 6.04. The van der Waals surface area contributed by atoms with Crippen LogP contribution in [0.4, 0.5) is 10.2 Å². The summed E-state index contributed by atoms with van der Waals surface area (Å²) in [7, 11) is 1.52. The van der Waals surface area contributed by atoms with Gasteiger partial charge in [0.1, 0.15) is 29.0 Å². The van der Waals surface area contributed by atoms with Gasteiger partial charge in [-0.2, -0.15) is 5.10 Å². The second-order valence-corrected chi connectivity index (χ2v) is 8.82. The number of nitrogens with one attached hydrogen (secondary N) is 1. The molecule has 8 nitrogen and oxygen atoms in total. The third kappa shape index (κ3) is 8.05. The number of nitrogens with two attached hydrogens (primary N) is 2. The van der Waals surface area contributed by atoms with Crippen molar-refractivity contribution in [1.82, 2.24) is 15.1 Å². The third-order valence-electron chi connectivity index (χ3n) is 6.24. The number of nitrogens with zero attached hydrogens (tertiary/aromatic N) is 2. The average Bonchev–Trinajstić information content (AvgIpc) is 3.56. The van der Waals surface area contributed by atoms with Crippen LogP contribution >= 0.6 is 0 Å². The Morgan fingerprint density at radius 2 is 1.85 bits per heavy atom. The SMILES string of the molecule is C=C/C=C\C.CC.COc1ccccc1C(=O)NCc1ccc(-c2nn(C3CCC(F)C3)c(N)c2C(N)=O)cc1. The van der Waals surface area contributed by atoms with Gasteiger partial charge in [-0.1, -0.05) is 75.1 Å². The summed E-state index contributed by atoms with van der Waals surface area (Å²) in [5, 5.41) is 7.39. The standard InChI is InChI=1S/C24H26FN5O3.C5H8.C2H6/c1-33-19-5-3-2-4-18(19)24(32)28-13-14-6-8-15(9-7-14)21-20(23(27)31)22(26)30(29-21)17-11-10-16(25)12-17;1-3-5-4-2;1-2/h2-9,16-17H,10-13,26H2,1H3,(H2,27,31)(H,28,32);3-5H,1H2,2H3;1-2H3/b;5-4-;. The molecule has 214 valence electrons. The Labute approximate surface area is 235 Å². The maximum atomic E-state index is 13.7. The lowest BCUT2D eigenvalue weighted by Crippen LogP contribution is -2.23. The van der Waals surface area contributed by atoms with Crippen LogP contribution < -0.4 is 21.5 Å². The fraction of sp³-hybridized carbons (Fsp3) is 0.323. The van der Waals surface area contributed by atoms with E-state index in [2.05, 4.69) is 17.0 Å². The fourth-order valence-electron chi connectivity index (χ4n) is 4.32. The summed E-state index contributed by atoms with van der Waals surface area (Å²) in [6, 6.07) is 14.0. The van der Waals surface area contributed by atoms with E-state index in [-0.39, 0.29) is 23.3 Å². The van der Waals surface area contributed by atoms with Crippen LogP contribution in [0, 0.1) is 0 Å². The number of methoxy groups -OCH3 is 1. The molecule has 1 aromatic heterocycles. The first-order valence-corrected chi connectivity index (χ1v) is 13.4. The Hall–Kier alpha value is -4.40. The number of rotatable bonds is 8. The van der Waals surface area contributed by atoms with Crippen LogP contribution in [0.1, 0.15) is 72.4 Å². The lowest BCUT2D eigenvalue weighted by molar-refractivity contribution is 0.0946. The number of aromatic nitrogens is 2. The summed E-state index contributed by atoms with van der Waals surface area (Å²) in [5.41, 5.74) is 14.2. The molecule has 4 rings (SSSR count). The van der Waals surface area contributed by atoms with Gasteiger partial charge in [0.05, 0.1) is 18.7 Å². The number of benzene rings is 2. The van der Waals surface area contributed by atoms with Gasteiger partial charge in [0.15, 0.2) is 0 Å². The molecular formula is C31H40FN5O3. The topological polar surface area (TPSA) is 125 Å². The lowest BCUT2D eigenvalue weighted by atomic mass is 10.0. The van der Waals surface area contributed by atoms with Gasteiger partial charge in [0.2, 0.25) is 0 Å². The van der Waals surface area contributed by atoms with E-state index in [1.807, 2.05) is 45.1 Å². The molecule has 1 aliphatic carbocycles. The van der Waals surface area contributed by atoms with Crippen molar-refractivity contribution in [3.63, 3.8) is 0 Å². The van der Waals surface area contributed by atoms with Gasteiger partial charge in [0, 0.05) is 18.5 Å². The molecule has 9 heteroatoms. The van der Waals surface area contributed by atoms with Crippen molar-refractivity contribution in [2.24, 2.45) is 5.73 Å². The van der Waals surface area contributed by atoms with Crippen molar-refractivity contribution >= 4 is 17.6 Å². The van der Waals surface area contributed by atoms with Crippen LogP contribution in [0.2, 0.25) is 0 Å². The summed E-state index contributed by atoms with van der Waals surface area (Å²) in [5.74, 6) is -0.276. The highest BCUT2D eigenvalue weighted by atomic mass is 19.1. The van der Waals surface area contributed by atoms with Crippen LogP contribution in [-0.2, 0) is 6.54 Å². The number of ether oxygens (including phenoxy) is 1. The van der Waals surface area contributed by atoms with Crippen LogP contribution in [0.15, 0.2) is 73.3 Å². The first-order valence-electron chi connectivity index (χ1n) is 13.4. The second-order valence-electron chi connectivity index (χ2n) is 8.82. The molecule has 3 aromatic rings. The van der Waals surface area contributed by atoms with Crippen molar-refractivity contribution in [2.75, 3.05) is 12.8 Å². The highest BCUT2D eigenvalue weighted by Gasteiger charge is 2.31. The summed E-state index contributed by atoms with van der Waals surface area (Å²) in [4.78, 5) is 24.6. The van der Waals surface area contributed by atoms with Crippen LogP contribution in [-0.4, -0.2) is 34.9 Å². The van der Waals surface area contributed by atoms with Crippen LogP contribution in [0.3, 0.4) is 0 Å². The molecule has 2 atom stereocenters. The van der Waals surface area contributed by atoms with Gasteiger partial charge in [0.25, 0.3) is 11.8 Å². The smallest absolute Gasteiger partial charge is 0.255 e. The number of hydrogen-bond donors (Lipinski definition) is 3. The minimum Gasteiger partial charge on any atom is -0.496 e. The van der Waals surface area contributed by atoms with Gasteiger partial charge >= 0.3 is 0 Å². The number of para-hydroxylation sites is 1. The van der Waals surface area contributed by atoms with Crippen molar-refractivity contribution in [3.8, 4) is 17.0 Å². The summed E-state index contributed by atoms with van der Waals surface area (Å²) < 4.78 is 20.4. The Balaban J connectivity index is 0.000000722. The van der Waals surface area contributed by atoms with Crippen molar-refractivity contribution in [1.29, 1.82) is 0 Å². The highest BCUT2D eigenvalue weighted by Crippen LogP contribution is 2.36. The van der Waals surface area contributed by atoms with E-state index in [9.17, 15) is 14.0 Å². The molecule has 0 spiro atoms. The van der Waals surface area contributed by atoms with E-state index in [0.29, 0.717) is 48.4 Å². The van der Waals surface area contributed by atoms with Crippen molar-refractivity contribution in [2.45, 2.75) is 58.8 Å². The first-order chi connectivity index (χ1) is 19.3. The fourth-order valence-corrected chi connectivity index (χ4v) is 4.32. The predicted molar refractivity (Wildman–Crippen MR) is 159 cm³/mol. The van der Waals surface area contributed by atoms with Gasteiger partial charge in [-0.25, -0.2) is 9.07 Å². The lowest BCUT2D eigenvalue weighted by Gasteiger charge is -2.11. The number of halogens is 1. The number of carbonyl (C=O) groups excluding carboxylic acids is 2. The maximum Gasteiger partial charge on any atom is 0.255 e. The highest BCUT2D eigenvalue weighted by molar-refractivity contribution is 6.03. The molecule has 0 saturated heterocycles. The quantitative estimate of drug-likeness (QED) is 0.297. The molecule has 5 N–H and O–H groups in total. The van der Waals surface area contributed by atoms with E-state index < -0.39 is 12.1 Å². The minimum atomic E-state index is -0.899. The Morgan fingerprint density at radius 3 is 2.38 bits per heavy atom. The molecule has 0 radical (unpaired) electrons. The van der Waals surface area contributed by atoms with Gasteiger partial charge < -0.3 is 21.5 Å². The zero-order valence-electron chi connectivity index (χ0n) is 23.7. The number of primary amides is 1. The molecule has 2 amide bonds. The van der Waals surface area contributed by atoms with E-state index in [1.165, 1.54) is 11.8 Å². The summed E-state index contributed by atoms with van der Waals surface area (Å²) in [6.45, 7) is 9.73. The zero-order chi connectivity index (χ0) is 29.7. The molecule has 0 bridgehead atoms. The minimum absolute atomic E-state index is 0.134. The molecule has 40 heavy (non-hydrogen) atoms. The molecule has 1 aliphatic rings. The molecule has 1 saturated carbocycles. The monoisotopic (exact) mass is 549 g/mol. The number of allylic oxidation sites excluding steroid dienone is 3. The Kier molecular flexibility index (Phi) is 12.6. The molecular weight excluding hydrogens is 509 g/mol. The van der Waals surface area contributed by atoms with Gasteiger partial charge in [-0.3, -0.25) is 9.59 Å². The van der Waals surface area contributed by atoms with E-state index in [1.54, 1.807) is 42.5 Å². The zero-order valence-corrected chi connectivity index (χ0v) is 23.7. The number of nitrogen functional groups attached to an aromatic ring is 1. The third-order valence-corrected chi connectivity index (χ3v) is 6.24. The average molecular weight is 550 g/mol. The predicted octanol–water partition coefficient (Wildman–Crippen LogP) is 6.01. The van der Waals surface area contributed by atoms with E-state index >= 15 is 0 Å². The molecule has 1 fully saturated rings. The van der Waals surface area contributed by atoms with Gasteiger partial charge in [-0.15, -0.1) is 0 Å². The normalized spacial score (nSPS) is 15.8. The first kappa shape index (κ1) is 31.8. The number of amides is 2. The molecule has 2 aromatic carbocycles. The maximum absolute atomic E-state index is 13.7. The van der Waals surface area contributed by atoms with Crippen LogP contribution in [0.25, 0.3) is 11.3 Å². The largest absolute Gasteiger partial charge is 0.496 e. The summed E-state index contributed by atoms with van der Waals surface area (Å²) >= 11 is 0. The number of carbonyl (C=O) groups is 2. The van der Waals surface area contributed by atoms with E-state index in [0.717, 1.165) is 5.56 Å². The van der Waals surface area contributed by atoms with Crippen LogP contribution in [0.5, 0.6) is 5.75 Å². The second kappa shape index (κ2) is 15.9. The van der Waals surface area contributed by atoms with E-state index in [4.69, 9.17) is 16.2 Å². The number of anilines is 1. The number of hydrogen-bond acceptors (Lipinski definition) is 5. The van der Waals surface area contributed by atoms with Gasteiger partial charge in [-0.05, 0) is 37.5 Å². The Morgan fingerprint density at radius 1 is 1.18 bits per heavy atom. The Bertz CT molecular complexity index is 1300.